The first kappa shape index (κ1) is 13.5. The van der Waals surface area contributed by atoms with E-state index in [0.717, 1.165) is 16.9 Å². The number of aliphatic hydroxyl groups excluding tert-OH is 1. The molecule has 0 saturated heterocycles. The van der Waals surface area contributed by atoms with Crippen LogP contribution in [0.4, 0.5) is 0 Å². The Hall–Kier alpha value is -1.55. The number of hydrogen-bond donors (Lipinski definition) is 2. The first-order valence-electron chi connectivity index (χ1n) is 5.53. The summed E-state index contributed by atoms with van der Waals surface area (Å²) in [5.41, 5.74) is 1.97. The van der Waals surface area contributed by atoms with Gasteiger partial charge in [0.2, 0.25) is 5.91 Å². The minimum Gasteiger partial charge on any atom is -0.490 e. The molecule has 1 amide bonds. The van der Waals surface area contributed by atoms with Gasteiger partial charge in [0.05, 0.1) is 0 Å². The lowest BCUT2D eigenvalue weighted by Crippen LogP contribution is -2.34. The molecular formula is C13H18NO3. The standard InChI is InChI=1S/C13H18NO3/c1-9-5-4-6-10(2)13(9)17-8-12(16)7-14-11(3)15/h5-6,12,16H,7-8H2,1-3H3,(H,14,15). The van der Waals surface area contributed by atoms with Crippen LogP contribution < -0.4 is 10.1 Å². The summed E-state index contributed by atoms with van der Waals surface area (Å²) in [6.45, 7) is 5.63. The molecule has 0 aliphatic carbocycles. The normalized spacial score (nSPS) is 12.0. The Balaban J connectivity index is 2.47. The van der Waals surface area contributed by atoms with E-state index in [-0.39, 0.29) is 19.1 Å². The van der Waals surface area contributed by atoms with Crippen molar-refractivity contribution in [3.05, 3.63) is 29.3 Å². The number of hydrogen-bond acceptors (Lipinski definition) is 3. The number of aryl methyl sites for hydroxylation is 2. The van der Waals surface area contributed by atoms with Gasteiger partial charge in [-0.3, -0.25) is 4.79 Å². The van der Waals surface area contributed by atoms with Crippen molar-refractivity contribution in [2.24, 2.45) is 0 Å². The third-order valence-electron chi connectivity index (χ3n) is 2.32. The van der Waals surface area contributed by atoms with Gasteiger partial charge in [-0.05, 0) is 43.2 Å². The van der Waals surface area contributed by atoms with Crippen molar-refractivity contribution in [3.8, 4) is 5.75 Å². The van der Waals surface area contributed by atoms with E-state index in [4.69, 9.17) is 4.74 Å². The van der Waals surface area contributed by atoms with Gasteiger partial charge in [0.25, 0.3) is 0 Å². The smallest absolute Gasteiger partial charge is 0.216 e. The molecule has 0 aliphatic heterocycles. The fourth-order valence-electron chi connectivity index (χ4n) is 1.46. The Morgan fingerprint density at radius 2 is 2.06 bits per heavy atom. The summed E-state index contributed by atoms with van der Waals surface area (Å²) in [5, 5.41) is 12.1. The summed E-state index contributed by atoms with van der Waals surface area (Å²) in [4.78, 5) is 10.7. The molecule has 4 nitrogen and oxygen atoms in total. The second-order valence-corrected chi connectivity index (χ2v) is 4.05. The number of rotatable bonds is 5. The molecule has 1 aromatic carbocycles. The number of benzene rings is 1. The highest BCUT2D eigenvalue weighted by Gasteiger charge is 2.08. The maximum Gasteiger partial charge on any atom is 0.216 e. The summed E-state index contributed by atoms with van der Waals surface area (Å²) < 4.78 is 5.54. The van der Waals surface area contributed by atoms with E-state index < -0.39 is 6.10 Å². The molecule has 0 bridgehead atoms. The molecule has 0 fully saturated rings. The van der Waals surface area contributed by atoms with Crippen molar-refractivity contribution in [1.82, 2.24) is 5.32 Å². The zero-order valence-electron chi connectivity index (χ0n) is 10.4. The predicted molar refractivity (Wildman–Crippen MR) is 64.9 cm³/mol. The molecule has 1 radical (unpaired) electrons. The fourth-order valence-corrected chi connectivity index (χ4v) is 1.46. The molecule has 1 rings (SSSR count). The van der Waals surface area contributed by atoms with Crippen molar-refractivity contribution in [1.29, 1.82) is 0 Å². The Kier molecular flexibility index (Phi) is 4.97. The monoisotopic (exact) mass is 236 g/mol. The molecule has 0 spiro atoms. The molecule has 0 heterocycles. The molecule has 1 atom stereocenters. The lowest BCUT2D eigenvalue weighted by molar-refractivity contribution is -0.119. The number of carbonyl (C=O) groups excluding carboxylic acids is 1. The highest BCUT2D eigenvalue weighted by molar-refractivity contribution is 5.72. The van der Waals surface area contributed by atoms with E-state index in [9.17, 15) is 9.90 Å². The van der Waals surface area contributed by atoms with Crippen LogP contribution in [-0.2, 0) is 4.79 Å². The Labute approximate surface area is 102 Å². The zero-order chi connectivity index (χ0) is 12.8. The molecule has 4 heteroatoms. The SMILES string of the molecule is CC(=O)NCC(O)COc1c(C)c[c]cc1C. The molecule has 1 aromatic rings. The first-order chi connectivity index (χ1) is 8.00. The maximum absolute atomic E-state index is 10.7. The average molecular weight is 236 g/mol. The Morgan fingerprint density at radius 3 is 2.59 bits per heavy atom. The summed E-state index contributed by atoms with van der Waals surface area (Å²) >= 11 is 0. The van der Waals surface area contributed by atoms with Crippen LogP contribution in [0.1, 0.15) is 18.1 Å². The van der Waals surface area contributed by atoms with Gasteiger partial charge in [0.1, 0.15) is 18.5 Å². The van der Waals surface area contributed by atoms with Crippen LogP contribution in [0.15, 0.2) is 12.1 Å². The minimum absolute atomic E-state index is 0.159. The predicted octanol–water partition coefficient (Wildman–Crippen LogP) is 0.979. The molecule has 1 unspecified atom stereocenters. The van der Waals surface area contributed by atoms with Gasteiger partial charge in [-0.15, -0.1) is 0 Å². The largest absolute Gasteiger partial charge is 0.490 e. The maximum atomic E-state index is 10.7. The summed E-state index contributed by atoms with van der Waals surface area (Å²) in [5.74, 6) is 0.608. The van der Waals surface area contributed by atoms with Gasteiger partial charge in [-0.25, -0.2) is 0 Å². The van der Waals surface area contributed by atoms with E-state index in [1.807, 2.05) is 26.0 Å². The third-order valence-corrected chi connectivity index (χ3v) is 2.32. The average Bonchev–Trinajstić information content (AvgIpc) is 2.25. The van der Waals surface area contributed by atoms with Crippen LogP contribution in [0.2, 0.25) is 0 Å². The molecule has 17 heavy (non-hydrogen) atoms. The molecule has 0 aliphatic rings. The second kappa shape index (κ2) is 6.25. The van der Waals surface area contributed by atoms with Crippen LogP contribution in [0, 0.1) is 19.9 Å². The lowest BCUT2D eigenvalue weighted by atomic mass is 10.1. The molecular weight excluding hydrogens is 218 g/mol. The second-order valence-electron chi connectivity index (χ2n) is 4.05. The Morgan fingerprint density at radius 1 is 1.47 bits per heavy atom. The summed E-state index contributed by atoms with van der Waals surface area (Å²) in [6, 6.07) is 6.67. The van der Waals surface area contributed by atoms with Gasteiger partial charge >= 0.3 is 0 Å². The van der Waals surface area contributed by atoms with Crippen molar-refractivity contribution in [3.63, 3.8) is 0 Å². The molecule has 93 valence electrons. The van der Waals surface area contributed by atoms with Gasteiger partial charge < -0.3 is 15.2 Å². The van der Waals surface area contributed by atoms with E-state index >= 15 is 0 Å². The van der Waals surface area contributed by atoms with E-state index in [1.165, 1.54) is 6.92 Å². The van der Waals surface area contributed by atoms with E-state index in [2.05, 4.69) is 11.4 Å². The van der Waals surface area contributed by atoms with Gasteiger partial charge in [-0.1, -0.05) is 0 Å². The molecule has 2 N–H and O–H groups in total. The number of aliphatic hydroxyl groups is 1. The van der Waals surface area contributed by atoms with Gasteiger partial charge in [0, 0.05) is 13.5 Å². The van der Waals surface area contributed by atoms with E-state index in [1.54, 1.807) is 0 Å². The number of amides is 1. The van der Waals surface area contributed by atoms with Crippen molar-refractivity contribution >= 4 is 5.91 Å². The van der Waals surface area contributed by atoms with Crippen molar-refractivity contribution in [2.45, 2.75) is 26.9 Å². The highest BCUT2D eigenvalue weighted by Crippen LogP contribution is 2.21. The quantitative estimate of drug-likeness (QED) is 0.801. The highest BCUT2D eigenvalue weighted by atomic mass is 16.5. The van der Waals surface area contributed by atoms with E-state index in [0.29, 0.717) is 0 Å². The van der Waals surface area contributed by atoms with Crippen molar-refractivity contribution in [2.75, 3.05) is 13.2 Å². The number of carbonyl (C=O) groups is 1. The first-order valence-corrected chi connectivity index (χ1v) is 5.53. The van der Waals surface area contributed by atoms with Gasteiger partial charge in [-0.2, -0.15) is 0 Å². The zero-order valence-corrected chi connectivity index (χ0v) is 10.4. The van der Waals surface area contributed by atoms with Crippen molar-refractivity contribution < 1.29 is 14.6 Å². The molecule has 0 saturated carbocycles. The van der Waals surface area contributed by atoms with Crippen LogP contribution in [-0.4, -0.2) is 30.3 Å². The number of ether oxygens (including phenoxy) is 1. The van der Waals surface area contributed by atoms with Crippen LogP contribution in [0.5, 0.6) is 5.75 Å². The lowest BCUT2D eigenvalue weighted by Gasteiger charge is -2.15. The topological polar surface area (TPSA) is 58.6 Å². The fraction of sp³-hybridized carbons (Fsp3) is 0.462. The van der Waals surface area contributed by atoms with Crippen LogP contribution in [0.3, 0.4) is 0 Å². The van der Waals surface area contributed by atoms with Gasteiger partial charge in [0.15, 0.2) is 0 Å². The third kappa shape index (κ3) is 4.44. The summed E-state index contributed by atoms with van der Waals surface area (Å²) in [7, 11) is 0. The number of nitrogens with one attached hydrogen (secondary N) is 1. The minimum atomic E-state index is -0.707. The Bertz CT molecular complexity index is 370. The van der Waals surface area contributed by atoms with Crippen LogP contribution in [0.25, 0.3) is 0 Å². The molecule has 0 aromatic heterocycles. The summed E-state index contributed by atoms with van der Waals surface area (Å²) in [6.07, 6.45) is -0.707. The van der Waals surface area contributed by atoms with Crippen LogP contribution >= 0.6 is 0 Å².